The van der Waals surface area contributed by atoms with Gasteiger partial charge in [0.1, 0.15) is 45.3 Å². The van der Waals surface area contributed by atoms with Crippen LogP contribution in [0.25, 0.3) is 81.7 Å². The fourth-order valence-electron chi connectivity index (χ4n) is 10.8. The lowest BCUT2D eigenvalue weighted by molar-refractivity contribution is -0.178. The molecule has 21 nitrogen and oxygen atoms in total. The first-order chi connectivity index (χ1) is 58.6. The summed E-state index contributed by atoms with van der Waals surface area (Å²) in [5.41, 5.74) is 7.93. The number of aromatic hydroxyl groups is 2. The molecule has 1 saturated heterocycles. The molecule has 0 saturated carbocycles. The number of hydrogen-bond acceptors (Lipinski definition) is 34. The molecule has 17 rings (SSSR count). The molecule has 0 atom stereocenters. The Labute approximate surface area is 756 Å². The second kappa shape index (κ2) is 48.2. The molecule has 0 radical (unpaired) electrons. The number of carboxylic acid groups (broad SMARTS) is 1. The van der Waals surface area contributed by atoms with E-state index in [4.69, 9.17) is 38.3 Å². The van der Waals surface area contributed by atoms with E-state index in [9.17, 15) is 19.8 Å². The molecule has 1 amide bonds. The van der Waals surface area contributed by atoms with Crippen LogP contribution in [0.5, 0.6) is 40.2 Å². The third-order valence-corrected chi connectivity index (χ3v) is 33.4. The molecule has 1 aliphatic heterocycles. The Morgan fingerprint density at radius 3 is 1.16 bits per heavy atom. The van der Waals surface area contributed by atoms with Gasteiger partial charge in [-0.1, -0.05) is 84.8 Å². The van der Waals surface area contributed by atoms with Gasteiger partial charge in [-0.25, -0.2) is 39.9 Å². The van der Waals surface area contributed by atoms with Gasteiger partial charge in [0, 0.05) is 30.2 Å². The summed E-state index contributed by atoms with van der Waals surface area (Å²) in [6, 6.07) is 48.7. The summed E-state index contributed by atoms with van der Waals surface area (Å²) in [4.78, 5) is 58.7. The average molecular weight is 1900 g/mol. The van der Waals surface area contributed by atoms with Gasteiger partial charge in [0.25, 0.3) is 0 Å². The van der Waals surface area contributed by atoms with Gasteiger partial charge in [0.2, 0.25) is 5.91 Å². The molecule has 8 aromatic carbocycles. The van der Waals surface area contributed by atoms with Crippen molar-refractivity contribution >= 4 is 265 Å². The standard InChI is InChI=1S/C18H16N2O2S4.C17H14N2OS3.C14H18N2O2S2.C13H15NO3S2.C12H13NO3S2.C10H11NOS2/c1-3-21-11-5-7-13-15(9-11)23-17(19-13)25-26-18-20-14-8-6-12(22-4-2)10-16(14)24-18;1-2-20-11-7-8-13-15(9-11)23-17(19-13)21-10-16-18-12-5-3-4-6-14(12)22-16;1-3-7-15-13(17)9-19-14-16-11-6-5-10(18-4-2)8-12(11)20-14;15-9-2-3-10-11(8-9)19-13(14-10)18-7-4-12-16-5-1-6-17-12;1-2-16-8-3-4-9-10(7-8)18-12(13-9)17-6-5-11(14)15;1-2-5-13-10-11-8-4-3-7(12)6-9(8)14-10/h5-10H,3-4H2,1-2H3;3-9H,2,10H2,1H3;5-6,8H,3-4,7,9H2,1-2H3,(H,15,17);2-3,8,12,15H,1,4-7H2;3-4,7H,2,5-6H2,1H3,(H,14,15);3-4,6,12H,2,5H2,1H3. The number of carboxylic acids is 1. The Kier molecular flexibility index (Phi) is 36.9. The molecule has 120 heavy (non-hydrogen) atoms. The van der Waals surface area contributed by atoms with Crippen molar-refractivity contribution < 1.29 is 58.1 Å². The van der Waals surface area contributed by atoms with Crippen LogP contribution in [0.3, 0.4) is 0 Å². The second-order valence-electron chi connectivity index (χ2n) is 25.1. The van der Waals surface area contributed by atoms with Crippen LogP contribution in [-0.2, 0) is 24.8 Å². The lowest BCUT2D eigenvalue weighted by Crippen LogP contribution is -2.25. The Morgan fingerprint density at radius 1 is 0.400 bits per heavy atom. The van der Waals surface area contributed by atoms with Crippen molar-refractivity contribution in [3.05, 3.63) is 157 Å². The lowest BCUT2D eigenvalue weighted by atomic mass is 10.3. The summed E-state index contributed by atoms with van der Waals surface area (Å²) in [5.74, 6) is 8.14. The normalized spacial score (nSPS) is 12.0. The maximum absolute atomic E-state index is 11.6. The number of carbonyl (C=O) groups excluding carboxylic acids is 1. The zero-order valence-electron chi connectivity index (χ0n) is 66.5. The number of thiazole rings is 8. The molecule has 0 aliphatic carbocycles. The van der Waals surface area contributed by atoms with Crippen LogP contribution in [0.4, 0.5) is 0 Å². The van der Waals surface area contributed by atoms with E-state index in [1.807, 2.05) is 133 Å². The van der Waals surface area contributed by atoms with Gasteiger partial charge in [-0.2, -0.15) is 0 Å². The number of phenolic OH excluding ortho intramolecular Hbond substituents is 2. The monoisotopic (exact) mass is 1890 g/mol. The Balaban J connectivity index is 0.000000133. The van der Waals surface area contributed by atoms with Gasteiger partial charge < -0.3 is 53.8 Å². The molecular formula is C84H87N9O12S15. The summed E-state index contributed by atoms with van der Waals surface area (Å²) >= 11 is 21.4. The van der Waals surface area contributed by atoms with Gasteiger partial charge >= 0.3 is 5.97 Å². The fraction of sp³-hybridized carbons (Fsp3) is 0.310. The van der Waals surface area contributed by atoms with Crippen LogP contribution >= 0.6 is 171 Å². The zero-order valence-corrected chi connectivity index (χ0v) is 78.7. The van der Waals surface area contributed by atoms with Crippen molar-refractivity contribution in [1.82, 2.24) is 45.2 Å². The first-order valence-electron chi connectivity index (χ1n) is 38.5. The molecule has 1 aliphatic rings. The predicted molar refractivity (Wildman–Crippen MR) is 511 cm³/mol. The number of para-hydroxylation sites is 1. The number of thioether (sulfide) groups is 5. The number of carbonyl (C=O) groups is 2. The number of nitrogens with one attached hydrogen (secondary N) is 1. The van der Waals surface area contributed by atoms with E-state index >= 15 is 0 Å². The molecule has 4 N–H and O–H groups in total. The number of aromatic nitrogens is 8. The Hall–Kier alpha value is -7.21. The number of rotatable bonds is 32. The van der Waals surface area contributed by atoms with Crippen LogP contribution in [-0.4, -0.2) is 149 Å². The van der Waals surface area contributed by atoms with Crippen LogP contribution in [0.2, 0.25) is 0 Å². The second-order valence-corrected chi connectivity index (χ2v) is 42.6. The van der Waals surface area contributed by atoms with Crippen molar-refractivity contribution in [2.75, 3.05) is 75.8 Å². The molecule has 0 spiro atoms. The molecule has 16 aromatic rings. The van der Waals surface area contributed by atoms with E-state index in [0.29, 0.717) is 50.3 Å². The Morgan fingerprint density at radius 2 is 0.758 bits per heavy atom. The molecule has 8 aromatic heterocycles. The first-order valence-corrected chi connectivity index (χ1v) is 52.1. The highest BCUT2D eigenvalue weighted by molar-refractivity contribution is 8.77. The van der Waals surface area contributed by atoms with Crippen LogP contribution in [0, 0.1) is 0 Å². The van der Waals surface area contributed by atoms with Gasteiger partial charge in [-0.05, 0) is 215 Å². The van der Waals surface area contributed by atoms with Crippen molar-refractivity contribution in [2.24, 2.45) is 0 Å². The van der Waals surface area contributed by atoms with E-state index < -0.39 is 5.97 Å². The van der Waals surface area contributed by atoms with Crippen molar-refractivity contribution in [3.8, 4) is 40.2 Å². The van der Waals surface area contributed by atoms with Gasteiger partial charge in [0.15, 0.2) is 36.7 Å². The summed E-state index contributed by atoms with van der Waals surface area (Å²) < 4.78 is 54.6. The quantitative estimate of drug-likeness (QED) is 0.0225. The van der Waals surface area contributed by atoms with Crippen LogP contribution in [0.15, 0.2) is 182 Å². The topological polar surface area (TPSA) is 275 Å². The minimum absolute atomic E-state index is 0.0559. The SMILES string of the molecule is CCCNC(=O)CSc1nc2ccc(OCC)cc2s1.CCCSc1nc2ccc(O)cc2s1.CCOc1ccc2nc(SCCC(=O)O)sc2c1.CCOc1ccc2nc(SCc3nc4ccccc4s3)sc2c1.CCOc1ccc2nc(SSc3nc4ccc(OCC)cc4s3)sc2c1.Oc1ccc2nc(SCCC3OCCCO3)sc2c1. The van der Waals surface area contributed by atoms with Crippen molar-refractivity contribution in [1.29, 1.82) is 0 Å². The molecule has 36 heteroatoms. The van der Waals surface area contributed by atoms with Gasteiger partial charge in [-0.15, -0.1) is 90.7 Å². The number of amides is 1. The lowest BCUT2D eigenvalue weighted by Gasteiger charge is -2.22. The molecule has 1 fully saturated rings. The van der Waals surface area contributed by atoms with Gasteiger partial charge in [-0.3, -0.25) is 9.59 Å². The number of aliphatic carboxylic acids is 1. The summed E-state index contributed by atoms with van der Waals surface area (Å²) in [6.07, 6.45) is 4.09. The highest BCUT2D eigenvalue weighted by Gasteiger charge is 2.18. The van der Waals surface area contributed by atoms with Crippen LogP contribution in [0.1, 0.15) is 85.6 Å². The third-order valence-electron chi connectivity index (χ3n) is 16.1. The number of nitrogens with zero attached hydrogens (tertiary/aromatic N) is 8. The van der Waals surface area contributed by atoms with Crippen LogP contribution < -0.4 is 29.0 Å². The largest absolute Gasteiger partial charge is 0.508 e. The maximum Gasteiger partial charge on any atom is 0.304 e. The number of ether oxygens (including phenoxy) is 7. The molecule has 0 unspecified atom stereocenters. The number of benzene rings is 8. The van der Waals surface area contributed by atoms with Gasteiger partial charge in [0.05, 0.1) is 146 Å². The first kappa shape index (κ1) is 92.0. The average Bonchev–Trinajstić information content (AvgIpc) is 1.67. The molecule has 9 heterocycles. The van der Waals surface area contributed by atoms with E-state index in [-0.39, 0.29) is 24.4 Å². The highest BCUT2D eigenvalue weighted by Crippen LogP contribution is 2.45. The Bertz CT molecular complexity index is 5830. The third kappa shape index (κ3) is 28.4. The minimum Gasteiger partial charge on any atom is -0.508 e. The van der Waals surface area contributed by atoms with Crippen molar-refractivity contribution in [3.63, 3.8) is 0 Å². The number of phenols is 2. The van der Waals surface area contributed by atoms with E-state index in [2.05, 4.69) is 88.5 Å². The smallest absolute Gasteiger partial charge is 0.304 e. The zero-order chi connectivity index (χ0) is 84.0. The number of hydrogen-bond donors (Lipinski definition) is 4. The number of fused-ring (bicyclic) bond motifs is 8. The van der Waals surface area contributed by atoms with E-state index in [1.165, 1.54) is 32.9 Å². The highest BCUT2D eigenvalue weighted by atomic mass is 33.1. The summed E-state index contributed by atoms with van der Waals surface area (Å²) in [6.45, 7) is 19.7. The van der Waals surface area contributed by atoms with Crippen molar-refractivity contribution in [2.45, 2.75) is 123 Å². The molecule has 630 valence electrons. The fourth-order valence-corrected chi connectivity index (χ4v) is 26.6. The van der Waals surface area contributed by atoms with E-state index in [0.717, 1.165) is 199 Å². The summed E-state index contributed by atoms with van der Waals surface area (Å²) in [7, 11) is 3.30. The molecular weight excluding hydrogens is 1810 g/mol. The molecule has 0 bridgehead atoms. The minimum atomic E-state index is -0.776. The maximum atomic E-state index is 11.6. The van der Waals surface area contributed by atoms with E-state index in [1.54, 1.807) is 172 Å². The predicted octanol–water partition coefficient (Wildman–Crippen LogP) is 25.4. The summed E-state index contributed by atoms with van der Waals surface area (Å²) in [5, 5.41) is 31.3.